The van der Waals surface area contributed by atoms with Crippen LogP contribution in [0, 0.1) is 5.92 Å². The molecule has 0 bridgehead atoms. The van der Waals surface area contributed by atoms with Gasteiger partial charge in [0.15, 0.2) is 11.3 Å². The molecule has 1 aromatic heterocycles. The summed E-state index contributed by atoms with van der Waals surface area (Å²) in [6.07, 6.45) is 0.918. The monoisotopic (exact) mass is 517 g/mol. The van der Waals surface area contributed by atoms with E-state index in [1.54, 1.807) is 36.4 Å². The molecule has 2 N–H and O–H groups in total. The number of hydrogen-bond acceptors (Lipinski definition) is 7. The van der Waals surface area contributed by atoms with Crippen molar-refractivity contribution in [2.75, 3.05) is 32.3 Å². The number of oxazole rings is 1. The number of nitrogens with zero attached hydrogens (tertiary/aromatic N) is 2. The molecule has 1 saturated carbocycles. The van der Waals surface area contributed by atoms with Crippen molar-refractivity contribution < 1.29 is 28.2 Å². The Morgan fingerprint density at radius 1 is 1.36 bits per heavy atom. The molecule has 1 unspecified atom stereocenters. The molecule has 1 saturated heterocycles. The first-order valence-corrected chi connectivity index (χ1v) is 12.4. The zero-order valence-corrected chi connectivity index (χ0v) is 20.9. The average Bonchev–Trinajstić information content (AvgIpc) is 3.27. The van der Waals surface area contributed by atoms with Crippen LogP contribution in [0.1, 0.15) is 41.7 Å². The van der Waals surface area contributed by atoms with E-state index in [0.717, 1.165) is 0 Å². The lowest BCUT2D eigenvalue weighted by Crippen LogP contribution is -2.57. The van der Waals surface area contributed by atoms with Gasteiger partial charge in [0.1, 0.15) is 12.2 Å². The predicted octanol–water partition coefficient (Wildman–Crippen LogP) is 4.61. The van der Waals surface area contributed by atoms with Gasteiger partial charge in [-0.2, -0.15) is 4.98 Å². The van der Waals surface area contributed by atoms with Crippen molar-refractivity contribution in [2.45, 2.75) is 44.1 Å². The number of ether oxygens (including phenoxy) is 2. The number of alkyl halides is 1. The number of aliphatic hydroxyl groups is 1. The first kappa shape index (κ1) is 24.8. The Morgan fingerprint density at radius 2 is 2.17 bits per heavy atom. The third-order valence-corrected chi connectivity index (χ3v) is 7.22. The van der Waals surface area contributed by atoms with E-state index in [1.165, 1.54) is 7.11 Å². The van der Waals surface area contributed by atoms with Crippen LogP contribution in [0.15, 0.2) is 40.8 Å². The van der Waals surface area contributed by atoms with Gasteiger partial charge in [-0.05, 0) is 55.5 Å². The smallest absolute Gasteiger partial charge is 0.296 e. The van der Waals surface area contributed by atoms with E-state index in [9.17, 15) is 14.3 Å². The fourth-order valence-electron chi connectivity index (χ4n) is 4.97. The van der Waals surface area contributed by atoms with Crippen LogP contribution in [0.5, 0.6) is 5.75 Å². The van der Waals surface area contributed by atoms with Crippen molar-refractivity contribution in [3.8, 4) is 5.75 Å². The quantitative estimate of drug-likeness (QED) is 0.472. The lowest BCUT2D eigenvalue weighted by atomic mass is 9.76. The Morgan fingerprint density at radius 3 is 2.86 bits per heavy atom. The highest BCUT2D eigenvalue weighted by atomic mass is 35.5. The number of aromatic nitrogens is 1. The molecule has 0 spiro atoms. The molecule has 0 radical (unpaired) electrons. The highest BCUT2D eigenvalue weighted by Gasteiger charge is 2.42. The van der Waals surface area contributed by atoms with Gasteiger partial charge >= 0.3 is 0 Å². The van der Waals surface area contributed by atoms with Crippen LogP contribution in [0.2, 0.25) is 5.02 Å². The van der Waals surface area contributed by atoms with E-state index in [2.05, 4.69) is 10.3 Å². The maximum absolute atomic E-state index is 13.9. The Hall–Kier alpha value is -2.88. The summed E-state index contributed by atoms with van der Waals surface area (Å²) in [6, 6.07) is 9.51. The second-order valence-corrected chi connectivity index (χ2v) is 9.94. The van der Waals surface area contributed by atoms with Gasteiger partial charge in [-0.15, -0.1) is 0 Å². The molecule has 1 amide bonds. The molecule has 2 aromatic carbocycles. The third-order valence-electron chi connectivity index (χ3n) is 6.99. The molecular weight excluding hydrogens is 489 g/mol. The molecule has 1 aliphatic heterocycles. The third kappa shape index (κ3) is 4.87. The average molecular weight is 518 g/mol. The number of fused-ring (bicyclic) bond motifs is 1. The molecule has 2 heterocycles. The van der Waals surface area contributed by atoms with Crippen LogP contribution in [-0.4, -0.2) is 66.1 Å². The topological polar surface area (TPSA) is 97.1 Å². The van der Waals surface area contributed by atoms with Crippen molar-refractivity contribution >= 4 is 34.6 Å². The normalized spacial score (nSPS) is 24.9. The van der Waals surface area contributed by atoms with Crippen molar-refractivity contribution in [1.82, 2.24) is 9.88 Å². The lowest BCUT2D eigenvalue weighted by molar-refractivity contribution is -0.0894. The van der Waals surface area contributed by atoms with Crippen LogP contribution in [0.4, 0.5) is 10.4 Å². The van der Waals surface area contributed by atoms with Gasteiger partial charge < -0.3 is 29.2 Å². The molecule has 3 atom stereocenters. The summed E-state index contributed by atoms with van der Waals surface area (Å²) >= 11 is 6.06. The number of benzene rings is 2. The van der Waals surface area contributed by atoms with E-state index in [4.69, 9.17) is 25.5 Å². The summed E-state index contributed by atoms with van der Waals surface area (Å²) in [6.45, 7) is 2.13. The van der Waals surface area contributed by atoms with Gasteiger partial charge in [0.05, 0.1) is 38.0 Å². The van der Waals surface area contributed by atoms with Crippen LogP contribution in [0.25, 0.3) is 11.1 Å². The van der Waals surface area contributed by atoms with E-state index >= 15 is 0 Å². The number of hydrogen-bond donors (Lipinski definition) is 2. The largest absolute Gasteiger partial charge is 0.493 e. The van der Waals surface area contributed by atoms with Crippen molar-refractivity contribution in [3.05, 3.63) is 52.5 Å². The number of carbonyl (C=O) groups is 1. The number of anilines is 1. The van der Waals surface area contributed by atoms with Crippen LogP contribution < -0.4 is 10.1 Å². The van der Waals surface area contributed by atoms with Gasteiger partial charge in [0.25, 0.3) is 11.9 Å². The fourth-order valence-corrected chi connectivity index (χ4v) is 5.17. The number of aliphatic hydroxyl groups excluding tert-OH is 1. The molecule has 36 heavy (non-hydrogen) atoms. The Kier molecular flexibility index (Phi) is 7.05. The Balaban J connectivity index is 1.43. The Labute approximate surface area is 213 Å². The van der Waals surface area contributed by atoms with E-state index in [1.807, 2.05) is 11.8 Å². The van der Waals surface area contributed by atoms with Crippen molar-refractivity contribution in [3.63, 3.8) is 0 Å². The van der Waals surface area contributed by atoms with Gasteiger partial charge in [-0.25, -0.2) is 4.39 Å². The summed E-state index contributed by atoms with van der Waals surface area (Å²) in [5.41, 5.74) is 1.84. The minimum atomic E-state index is -0.711. The van der Waals surface area contributed by atoms with Crippen molar-refractivity contribution in [1.29, 1.82) is 0 Å². The maximum Gasteiger partial charge on any atom is 0.296 e. The highest BCUT2D eigenvalue weighted by Crippen LogP contribution is 2.37. The number of amides is 1. The molecular formula is C26H29ClFN3O5. The second-order valence-electron chi connectivity index (χ2n) is 9.51. The summed E-state index contributed by atoms with van der Waals surface area (Å²) in [4.78, 5) is 20.0. The molecule has 192 valence electrons. The maximum atomic E-state index is 13.9. The van der Waals surface area contributed by atoms with E-state index in [0.29, 0.717) is 59.0 Å². The summed E-state index contributed by atoms with van der Waals surface area (Å²) in [5.74, 6) is 0.400. The Bertz CT molecular complexity index is 1250. The van der Waals surface area contributed by atoms with Gasteiger partial charge in [-0.1, -0.05) is 23.7 Å². The zero-order chi connectivity index (χ0) is 25.4. The van der Waals surface area contributed by atoms with Gasteiger partial charge in [-0.3, -0.25) is 4.79 Å². The number of carbonyl (C=O) groups excluding carboxylic acids is 1. The van der Waals surface area contributed by atoms with E-state index < -0.39 is 12.7 Å². The molecule has 1 aliphatic carbocycles. The first-order chi connectivity index (χ1) is 17.4. The SMILES string of the molecule is COc1cc(C(=O)N2C[C@@H](C)OC[C@@H]2C2CC(O)C2)cc2nc(NC(CF)c3cccc(Cl)c3)oc12. The number of rotatable bonds is 7. The molecule has 10 heteroatoms. The summed E-state index contributed by atoms with van der Waals surface area (Å²) < 4.78 is 31.0. The summed E-state index contributed by atoms with van der Waals surface area (Å²) in [5, 5.41) is 13.3. The lowest BCUT2D eigenvalue weighted by Gasteiger charge is -2.47. The summed E-state index contributed by atoms with van der Waals surface area (Å²) in [7, 11) is 1.49. The van der Waals surface area contributed by atoms with Crippen LogP contribution in [-0.2, 0) is 4.74 Å². The van der Waals surface area contributed by atoms with Crippen LogP contribution in [0.3, 0.4) is 0 Å². The number of methoxy groups -OCH3 is 1. The van der Waals surface area contributed by atoms with Crippen LogP contribution >= 0.6 is 11.6 Å². The molecule has 2 aliphatic rings. The molecule has 3 aromatic rings. The second kappa shape index (κ2) is 10.2. The predicted molar refractivity (Wildman–Crippen MR) is 133 cm³/mol. The standard InChI is InChI=1S/C26H29ClFN3O5/c1-14-12-31(22(13-35-14)16-7-19(32)8-16)25(33)17-9-20-24(23(10-17)34-2)36-26(29-20)30-21(11-28)15-4-3-5-18(27)6-15/h3-6,9-10,14,16,19,21-22,32H,7-8,11-13H2,1-2H3,(H,29,30)/t14-,16?,19?,21?,22-/m1/s1. The zero-order valence-electron chi connectivity index (χ0n) is 20.1. The minimum Gasteiger partial charge on any atom is -0.493 e. The first-order valence-electron chi connectivity index (χ1n) is 12.0. The fraction of sp³-hybridized carbons (Fsp3) is 0.462. The minimum absolute atomic E-state index is 0.0900. The molecule has 5 rings (SSSR count). The molecule has 2 fully saturated rings. The highest BCUT2D eigenvalue weighted by molar-refractivity contribution is 6.30. The van der Waals surface area contributed by atoms with Gasteiger partial charge in [0, 0.05) is 17.1 Å². The molecule has 8 nitrogen and oxygen atoms in total. The number of morpholine rings is 1. The van der Waals surface area contributed by atoms with Crippen molar-refractivity contribution in [2.24, 2.45) is 5.92 Å². The number of nitrogens with one attached hydrogen (secondary N) is 1. The number of halogens is 2. The van der Waals surface area contributed by atoms with E-state index in [-0.39, 0.29) is 36.1 Å². The van der Waals surface area contributed by atoms with Gasteiger partial charge in [0.2, 0.25) is 0 Å².